The first-order valence-corrected chi connectivity index (χ1v) is 14.1. The Balaban J connectivity index is 2.86. The summed E-state index contributed by atoms with van der Waals surface area (Å²) in [5.74, 6) is 0. The van der Waals surface area contributed by atoms with Gasteiger partial charge in [0.1, 0.15) is 0 Å². The third-order valence-corrected chi connectivity index (χ3v) is 6.57. The van der Waals surface area contributed by atoms with Crippen molar-refractivity contribution in [3.8, 4) is 0 Å². The SMILES string of the molecule is CCCCCCCCCCCCCCCC[Se][SeH]. The summed E-state index contributed by atoms with van der Waals surface area (Å²) >= 11 is 3.61. The average Bonchev–Trinajstić information content (AvgIpc) is 2.39. The molecule has 0 heterocycles. The van der Waals surface area contributed by atoms with Gasteiger partial charge in [-0.15, -0.1) is 0 Å². The van der Waals surface area contributed by atoms with Crippen molar-refractivity contribution in [3.05, 3.63) is 0 Å². The van der Waals surface area contributed by atoms with Crippen molar-refractivity contribution >= 4 is 27.3 Å². The molecule has 0 aromatic heterocycles. The Morgan fingerprint density at radius 1 is 0.556 bits per heavy atom. The Kier molecular flexibility index (Phi) is 19.1. The molecule has 0 N–H and O–H groups in total. The topological polar surface area (TPSA) is 0 Å². The van der Waals surface area contributed by atoms with Gasteiger partial charge in [-0.3, -0.25) is 0 Å². The molecule has 0 fully saturated rings. The Morgan fingerprint density at radius 3 is 1.22 bits per heavy atom. The maximum atomic E-state index is 2.75. The van der Waals surface area contributed by atoms with E-state index in [0.717, 1.165) is 13.1 Å². The van der Waals surface area contributed by atoms with Gasteiger partial charge >= 0.3 is 103 Å². The fraction of sp³-hybridized carbons (Fsp3) is 1.00. The monoisotopic (exact) mass is 386 g/mol. The number of unbranched alkanes of at least 4 members (excludes halogenated alkanes) is 13. The summed E-state index contributed by atoms with van der Waals surface area (Å²) in [4.78, 5) is 0. The fourth-order valence-electron chi connectivity index (χ4n) is 2.36. The summed E-state index contributed by atoms with van der Waals surface area (Å²) in [6.45, 7) is 2.29. The molecular weight excluding hydrogens is 350 g/mol. The second-order valence-corrected chi connectivity index (χ2v) is 9.64. The quantitative estimate of drug-likeness (QED) is 0.262. The van der Waals surface area contributed by atoms with Crippen molar-refractivity contribution in [1.29, 1.82) is 0 Å². The molecule has 0 rings (SSSR count). The Morgan fingerprint density at radius 2 is 0.889 bits per heavy atom. The minimum absolute atomic E-state index is 0.851. The van der Waals surface area contributed by atoms with Gasteiger partial charge in [-0.05, 0) is 0 Å². The van der Waals surface area contributed by atoms with Crippen molar-refractivity contribution in [2.45, 2.75) is 102 Å². The van der Waals surface area contributed by atoms with E-state index in [-0.39, 0.29) is 0 Å². The Bertz CT molecular complexity index is 121. The van der Waals surface area contributed by atoms with Crippen molar-refractivity contribution in [1.82, 2.24) is 0 Å². The van der Waals surface area contributed by atoms with Gasteiger partial charge in [-0.25, -0.2) is 0 Å². The zero-order valence-electron chi connectivity index (χ0n) is 12.5. The molecule has 0 saturated heterocycles. The van der Waals surface area contributed by atoms with Crippen LogP contribution < -0.4 is 0 Å². The Hall–Kier alpha value is 1.04. The van der Waals surface area contributed by atoms with Gasteiger partial charge in [0.15, 0.2) is 0 Å². The van der Waals surface area contributed by atoms with Crippen LogP contribution in [0.5, 0.6) is 0 Å². The molecule has 0 saturated carbocycles. The van der Waals surface area contributed by atoms with Crippen LogP contribution in [-0.4, -0.2) is 27.3 Å². The average molecular weight is 384 g/mol. The summed E-state index contributed by atoms with van der Waals surface area (Å²) in [7, 11) is 0. The van der Waals surface area contributed by atoms with Gasteiger partial charge in [0.05, 0.1) is 0 Å². The van der Waals surface area contributed by atoms with Gasteiger partial charge in [-0.2, -0.15) is 0 Å². The van der Waals surface area contributed by atoms with E-state index in [4.69, 9.17) is 0 Å². The minimum atomic E-state index is 0.851. The maximum absolute atomic E-state index is 2.75. The van der Waals surface area contributed by atoms with Crippen LogP contribution in [0, 0.1) is 0 Å². The van der Waals surface area contributed by atoms with E-state index in [9.17, 15) is 0 Å². The summed E-state index contributed by atoms with van der Waals surface area (Å²) in [6.07, 6.45) is 20.6. The number of rotatable bonds is 15. The van der Waals surface area contributed by atoms with Crippen LogP contribution in [0.4, 0.5) is 0 Å². The normalized spacial score (nSPS) is 11.0. The first-order chi connectivity index (χ1) is 8.91. The van der Waals surface area contributed by atoms with E-state index in [0.29, 0.717) is 0 Å². The van der Waals surface area contributed by atoms with Crippen LogP contribution in [0.15, 0.2) is 0 Å². The van der Waals surface area contributed by atoms with Crippen molar-refractivity contribution < 1.29 is 0 Å². The van der Waals surface area contributed by atoms with Crippen LogP contribution >= 0.6 is 0 Å². The van der Waals surface area contributed by atoms with Crippen molar-refractivity contribution in [2.75, 3.05) is 0 Å². The summed E-state index contributed by atoms with van der Waals surface area (Å²) in [5.41, 5.74) is 0. The van der Waals surface area contributed by atoms with Gasteiger partial charge < -0.3 is 0 Å². The molecule has 0 aromatic carbocycles. The van der Waals surface area contributed by atoms with Gasteiger partial charge in [0, 0.05) is 0 Å². The molecule has 0 bridgehead atoms. The van der Waals surface area contributed by atoms with Crippen molar-refractivity contribution in [2.24, 2.45) is 0 Å². The first-order valence-electron chi connectivity index (χ1n) is 8.18. The molecule has 18 heavy (non-hydrogen) atoms. The van der Waals surface area contributed by atoms with Gasteiger partial charge in [0.2, 0.25) is 0 Å². The molecule has 0 amide bonds. The fourth-order valence-corrected chi connectivity index (χ4v) is 4.47. The van der Waals surface area contributed by atoms with E-state index >= 15 is 0 Å². The molecule has 0 atom stereocenters. The number of hydrogen-bond donors (Lipinski definition) is 0. The zero-order chi connectivity index (χ0) is 13.3. The molecule has 0 nitrogen and oxygen atoms in total. The van der Waals surface area contributed by atoms with E-state index in [2.05, 4.69) is 21.1 Å². The molecular formula is C16H34Se2. The van der Waals surface area contributed by atoms with Crippen LogP contribution in [0.25, 0.3) is 0 Å². The molecule has 0 spiro atoms. The molecule has 0 aliphatic heterocycles. The van der Waals surface area contributed by atoms with Crippen LogP contribution in [0.3, 0.4) is 0 Å². The van der Waals surface area contributed by atoms with Gasteiger partial charge in [-0.1, -0.05) is 26.2 Å². The molecule has 0 aliphatic carbocycles. The van der Waals surface area contributed by atoms with Crippen molar-refractivity contribution in [3.63, 3.8) is 0 Å². The third kappa shape index (κ3) is 17.0. The third-order valence-electron chi connectivity index (χ3n) is 3.59. The van der Waals surface area contributed by atoms with Crippen LogP contribution in [-0.2, 0) is 0 Å². The Labute approximate surface area is 129 Å². The predicted octanol–water partition coefficient (Wildman–Crippen LogP) is 5.41. The summed E-state index contributed by atoms with van der Waals surface area (Å²) < 4.78 is 0. The molecule has 0 unspecified atom stereocenters. The summed E-state index contributed by atoms with van der Waals surface area (Å²) in [6, 6.07) is 0. The molecule has 0 aromatic rings. The summed E-state index contributed by atoms with van der Waals surface area (Å²) in [5, 5.41) is 1.48. The standard InChI is InChI=1S/C16H34Se2/c1-2-3-4-5-6-7-8-9-10-11-12-13-14-15-16-18-17/h17H,2-16H2,1H3. The second kappa shape index (κ2) is 18.0. The van der Waals surface area contributed by atoms with Crippen LogP contribution in [0.2, 0.25) is 5.32 Å². The predicted molar refractivity (Wildman–Crippen MR) is 88.0 cm³/mol. The molecule has 0 aliphatic rings. The van der Waals surface area contributed by atoms with E-state index < -0.39 is 0 Å². The van der Waals surface area contributed by atoms with Crippen LogP contribution in [0.1, 0.15) is 96.8 Å². The first kappa shape index (κ1) is 19.0. The number of hydrogen-bond acceptors (Lipinski definition) is 0. The van der Waals surface area contributed by atoms with Gasteiger partial charge in [0.25, 0.3) is 0 Å². The molecule has 2 heteroatoms. The van der Waals surface area contributed by atoms with E-state index in [1.54, 1.807) is 0 Å². The van der Waals surface area contributed by atoms with E-state index in [1.165, 1.54) is 95.2 Å². The zero-order valence-corrected chi connectivity index (χ0v) is 16.1. The second-order valence-electron chi connectivity index (χ2n) is 5.43. The molecule has 0 radical (unpaired) electrons. The van der Waals surface area contributed by atoms with E-state index in [1.807, 2.05) is 0 Å². The molecule has 110 valence electrons.